The summed E-state index contributed by atoms with van der Waals surface area (Å²) in [5, 5.41) is 14.4. The fraction of sp³-hybridized carbons (Fsp3) is 0.185. The first-order valence-electron chi connectivity index (χ1n) is 11.3. The molecule has 1 aliphatic heterocycles. The molecule has 4 aromatic rings. The maximum atomic E-state index is 13.9. The largest absolute Gasteiger partial charge is 0.506 e. The second-order valence-electron chi connectivity index (χ2n) is 8.66. The highest BCUT2D eigenvalue weighted by molar-refractivity contribution is 7.80. The highest BCUT2D eigenvalue weighted by Gasteiger charge is 2.43. The molecule has 2 atom stereocenters. The molecule has 1 fully saturated rings. The molecule has 184 valence electrons. The lowest BCUT2D eigenvalue weighted by Crippen LogP contribution is -2.29. The number of halogens is 3. The number of pyridine rings is 1. The van der Waals surface area contributed by atoms with Crippen LogP contribution in [0.5, 0.6) is 5.75 Å². The monoisotopic (exact) mass is 508 g/mol. The topological polar surface area (TPSA) is 53.3 Å². The van der Waals surface area contributed by atoms with Crippen LogP contribution < -0.4 is 10.2 Å². The number of aromatic nitrogens is 2. The van der Waals surface area contributed by atoms with E-state index in [1.165, 1.54) is 12.1 Å². The molecule has 0 spiro atoms. The summed E-state index contributed by atoms with van der Waals surface area (Å²) >= 11 is 5.70. The lowest BCUT2D eigenvalue weighted by atomic mass is 9.96. The van der Waals surface area contributed by atoms with Crippen molar-refractivity contribution in [3.8, 4) is 11.4 Å². The predicted octanol–water partition coefficient (Wildman–Crippen LogP) is 6.39. The van der Waals surface area contributed by atoms with Gasteiger partial charge in [-0.15, -0.1) is 0 Å². The van der Waals surface area contributed by atoms with Crippen molar-refractivity contribution in [3.05, 3.63) is 107 Å². The van der Waals surface area contributed by atoms with Crippen LogP contribution in [0.3, 0.4) is 0 Å². The molecule has 2 aromatic heterocycles. The van der Waals surface area contributed by atoms with Gasteiger partial charge in [-0.1, -0.05) is 30.3 Å². The van der Waals surface area contributed by atoms with Gasteiger partial charge in [0.2, 0.25) is 0 Å². The zero-order valence-electron chi connectivity index (χ0n) is 19.5. The highest BCUT2D eigenvalue weighted by Crippen LogP contribution is 2.46. The number of aromatic hydroxyl groups is 1. The van der Waals surface area contributed by atoms with E-state index in [2.05, 4.69) is 10.3 Å². The summed E-state index contributed by atoms with van der Waals surface area (Å²) in [4.78, 5) is 6.33. The number of nitrogens with zero attached hydrogens (tertiary/aromatic N) is 3. The van der Waals surface area contributed by atoms with Crippen LogP contribution in [-0.2, 0) is 6.18 Å². The number of alkyl halides is 3. The molecule has 5 nitrogen and oxygen atoms in total. The van der Waals surface area contributed by atoms with E-state index in [-0.39, 0.29) is 11.4 Å². The number of nitrogens with one attached hydrogen (secondary N) is 1. The molecule has 0 bridgehead atoms. The summed E-state index contributed by atoms with van der Waals surface area (Å²) in [5.74, 6) is 0.0459. The number of phenols is 1. The standard InChI is InChI=1S/C27H23F3N4OS/c1-16-15-18(17(2)33(16)21-11-4-3-9-19(21)27(28,29)30)25-24(20-10-7-8-14-31-20)32-26(36)34(25)22-12-5-6-13-23(22)35/h3-15,24-25,35H,1-2H3,(H,32,36)/t24-,25+/m1/s1. The van der Waals surface area contributed by atoms with Crippen molar-refractivity contribution in [2.24, 2.45) is 0 Å². The fourth-order valence-electron chi connectivity index (χ4n) is 4.96. The van der Waals surface area contributed by atoms with Gasteiger partial charge in [0.05, 0.1) is 34.7 Å². The summed E-state index contributed by atoms with van der Waals surface area (Å²) in [6, 6.07) is 19.0. The van der Waals surface area contributed by atoms with Crippen molar-refractivity contribution in [3.63, 3.8) is 0 Å². The molecule has 0 amide bonds. The quantitative estimate of drug-likeness (QED) is 0.313. The molecule has 2 N–H and O–H groups in total. The Hall–Kier alpha value is -3.85. The SMILES string of the molecule is Cc1cc([C@H]2[C@@H](c3ccccn3)NC(=S)N2c2ccccc2O)c(C)n1-c1ccccc1C(F)(F)F. The number of benzene rings is 2. The number of hydrogen-bond donors (Lipinski definition) is 2. The molecule has 0 aliphatic carbocycles. The summed E-state index contributed by atoms with van der Waals surface area (Å²) in [7, 11) is 0. The summed E-state index contributed by atoms with van der Waals surface area (Å²) in [6.07, 6.45) is -2.82. The molecule has 36 heavy (non-hydrogen) atoms. The fourth-order valence-corrected chi connectivity index (χ4v) is 5.30. The summed E-state index contributed by atoms with van der Waals surface area (Å²) in [6.45, 7) is 3.58. The van der Waals surface area contributed by atoms with Crippen molar-refractivity contribution in [2.45, 2.75) is 32.1 Å². The van der Waals surface area contributed by atoms with E-state index in [0.717, 1.165) is 17.3 Å². The average Bonchev–Trinajstić information content (AvgIpc) is 3.34. The molecule has 0 saturated carbocycles. The molecule has 0 radical (unpaired) electrons. The third-order valence-electron chi connectivity index (χ3n) is 6.48. The first kappa shape index (κ1) is 23.9. The number of anilines is 1. The van der Waals surface area contributed by atoms with Crippen LogP contribution in [0.2, 0.25) is 0 Å². The highest BCUT2D eigenvalue weighted by atomic mass is 32.1. The Labute approximate surface area is 211 Å². The van der Waals surface area contributed by atoms with Crippen molar-refractivity contribution in [1.82, 2.24) is 14.9 Å². The molecular formula is C27H23F3N4OS. The van der Waals surface area contributed by atoms with E-state index in [1.54, 1.807) is 54.9 Å². The predicted molar refractivity (Wildman–Crippen MR) is 136 cm³/mol. The van der Waals surface area contributed by atoms with E-state index in [1.807, 2.05) is 29.2 Å². The molecule has 1 aliphatic rings. The Bertz CT molecular complexity index is 1430. The van der Waals surface area contributed by atoms with Crippen molar-refractivity contribution >= 4 is 23.0 Å². The van der Waals surface area contributed by atoms with Gasteiger partial charge in [0.15, 0.2) is 5.11 Å². The van der Waals surface area contributed by atoms with Crippen LogP contribution >= 0.6 is 12.2 Å². The Kier molecular flexibility index (Phi) is 5.96. The summed E-state index contributed by atoms with van der Waals surface area (Å²) < 4.78 is 43.3. The second kappa shape index (κ2) is 8.98. The number of hydrogen-bond acceptors (Lipinski definition) is 3. The zero-order chi connectivity index (χ0) is 25.6. The van der Waals surface area contributed by atoms with Crippen LogP contribution in [0.4, 0.5) is 18.9 Å². The molecule has 3 heterocycles. The second-order valence-corrected chi connectivity index (χ2v) is 9.05. The zero-order valence-corrected chi connectivity index (χ0v) is 20.3. The number of phenolic OH excluding ortho intramolecular Hbond substituents is 1. The number of thiocarbonyl (C=S) groups is 1. The molecule has 2 aromatic carbocycles. The van der Waals surface area contributed by atoms with Gasteiger partial charge in [0.1, 0.15) is 5.75 Å². The lowest BCUT2D eigenvalue weighted by molar-refractivity contribution is -0.137. The summed E-state index contributed by atoms with van der Waals surface area (Å²) in [5.41, 5.74) is 2.63. The van der Waals surface area contributed by atoms with Gasteiger partial charge in [0.25, 0.3) is 0 Å². The van der Waals surface area contributed by atoms with Crippen molar-refractivity contribution in [1.29, 1.82) is 0 Å². The molecule has 9 heteroatoms. The van der Waals surface area contributed by atoms with E-state index in [9.17, 15) is 18.3 Å². The maximum absolute atomic E-state index is 13.9. The normalized spacial score (nSPS) is 17.9. The van der Waals surface area contributed by atoms with E-state index in [0.29, 0.717) is 22.2 Å². The van der Waals surface area contributed by atoms with Gasteiger partial charge in [0, 0.05) is 17.6 Å². The number of para-hydroxylation sites is 3. The van der Waals surface area contributed by atoms with Gasteiger partial charge in [-0.2, -0.15) is 13.2 Å². The Balaban J connectivity index is 1.72. The maximum Gasteiger partial charge on any atom is 0.418 e. The van der Waals surface area contributed by atoms with E-state index < -0.39 is 23.8 Å². The van der Waals surface area contributed by atoms with Crippen molar-refractivity contribution < 1.29 is 18.3 Å². The van der Waals surface area contributed by atoms with Crippen LogP contribution in [0.1, 0.15) is 40.3 Å². The minimum Gasteiger partial charge on any atom is -0.506 e. The smallest absolute Gasteiger partial charge is 0.418 e. The Morgan fingerprint density at radius 1 is 0.944 bits per heavy atom. The van der Waals surface area contributed by atoms with Gasteiger partial charge in [-0.3, -0.25) is 4.98 Å². The number of aryl methyl sites for hydroxylation is 1. The van der Waals surface area contributed by atoms with Gasteiger partial charge < -0.3 is 19.9 Å². The van der Waals surface area contributed by atoms with Crippen LogP contribution in [-0.4, -0.2) is 19.8 Å². The third kappa shape index (κ3) is 3.99. The Morgan fingerprint density at radius 2 is 1.61 bits per heavy atom. The first-order valence-corrected chi connectivity index (χ1v) is 11.7. The number of rotatable bonds is 4. The van der Waals surface area contributed by atoms with Gasteiger partial charge in [-0.05, 0) is 74.1 Å². The van der Waals surface area contributed by atoms with Crippen molar-refractivity contribution in [2.75, 3.05) is 4.90 Å². The molecule has 1 saturated heterocycles. The van der Waals surface area contributed by atoms with Crippen LogP contribution in [0.15, 0.2) is 79.0 Å². The molecular weight excluding hydrogens is 485 g/mol. The molecule has 5 rings (SSSR count). The van der Waals surface area contributed by atoms with E-state index >= 15 is 0 Å². The van der Waals surface area contributed by atoms with Crippen LogP contribution in [0, 0.1) is 13.8 Å². The third-order valence-corrected chi connectivity index (χ3v) is 6.79. The lowest BCUT2D eigenvalue weighted by Gasteiger charge is -2.28. The van der Waals surface area contributed by atoms with E-state index in [4.69, 9.17) is 12.2 Å². The minimum atomic E-state index is -4.51. The molecule has 0 unspecified atom stereocenters. The minimum absolute atomic E-state index is 0.0459. The average molecular weight is 509 g/mol. The van der Waals surface area contributed by atoms with Gasteiger partial charge in [-0.25, -0.2) is 0 Å². The van der Waals surface area contributed by atoms with Gasteiger partial charge >= 0.3 is 6.18 Å². The first-order chi connectivity index (χ1) is 17.2. The Morgan fingerprint density at radius 3 is 2.28 bits per heavy atom. The van der Waals surface area contributed by atoms with Crippen LogP contribution in [0.25, 0.3) is 5.69 Å².